The van der Waals surface area contributed by atoms with Crippen molar-refractivity contribution in [3.8, 4) is 0 Å². The van der Waals surface area contributed by atoms with Gasteiger partial charge in [0.05, 0.1) is 12.2 Å². The number of rotatable bonds is 0. The zero-order valence-corrected chi connectivity index (χ0v) is 19.6. The van der Waals surface area contributed by atoms with Gasteiger partial charge in [0.1, 0.15) is 5.72 Å². The Labute approximate surface area is 183 Å². The topological polar surface area (TPSA) is 41.5 Å². The van der Waals surface area contributed by atoms with Gasteiger partial charge in [-0.05, 0) is 98.2 Å². The highest BCUT2D eigenvalue weighted by Gasteiger charge is 2.68. The van der Waals surface area contributed by atoms with E-state index in [4.69, 9.17) is 4.74 Å². The minimum atomic E-state index is -0.100. The van der Waals surface area contributed by atoms with Crippen molar-refractivity contribution in [2.24, 2.45) is 46.3 Å². The second-order valence-electron chi connectivity index (χ2n) is 12.8. The van der Waals surface area contributed by atoms with Crippen LogP contribution in [0.15, 0.2) is 11.6 Å². The van der Waals surface area contributed by atoms with Crippen molar-refractivity contribution in [3.05, 3.63) is 11.6 Å². The molecule has 2 unspecified atom stereocenters. The lowest BCUT2D eigenvalue weighted by atomic mass is 9.47. The Bertz CT molecular complexity index is 739. The first-order valence-corrected chi connectivity index (χ1v) is 13.1. The first kappa shape index (κ1) is 20.2. The Morgan fingerprint density at radius 2 is 1.90 bits per heavy atom. The molecule has 0 aromatic carbocycles. The lowest BCUT2D eigenvalue weighted by molar-refractivity contribution is -0.115. The van der Waals surface area contributed by atoms with Crippen molar-refractivity contribution in [1.82, 2.24) is 5.32 Å². The summed E-state index contributed by atoms with van der Waals surface area (Å²) in [5.74, 6) is 4.58. The molecule has 11 atom stereocenters. The van der Waals surface area contributed by atoms with Crippen LogP contribution in [0.3, 0.4) is 0 Å². The molecule has 2 heterocycles. The standard InChI is InChI=1S/C27H43NO2/c1-16-7-12-27(28-15-16)17(2)24-23(30-27)14-22-20-6-5-18-13-19(29)8-10-25(18,3)21(20)9-11-26(22,24)4/h5,16-17,19-24,28-29H,6-15H2,1-4H3/t16?,17-,19-,20+,21-,22-,23+,24?,25-,26-,27+/m0/s1. The molecule has 0 bridgehead atoms. The maximum absolute atomic E-state index is 10.3. The van der Waals surface area contributed by atoms with Gasteiger partial charge in [0, 0.05) is 12.5 Å². The van der Waals surface area contributed by atoms with Crippen LogP contribution in [0.2, 0.25) is 0 Å². The lowest BCUT2D eigenvalue weighted by Crippen LogP contribution is -2.57. The number of allylic oxidation sites excluding steroid dienone is 1. The molecule has 2 saturated heterocycles. The number of fused-ring (bicyclic) bond motifs is 7. The summed E-state index contributed by atoms with van der Waals surface area (Å²) in [6.07, 6.45) is 13.8. The normalized spacial score (nSPS) is 59.8. The van der Waals surface area contributed by atoms with Crippen LogP contribution < -0.4 is 5.32 Å². The van der Waals surface area contributed by atoms with Crippen molar-refractivity contribution in [3.63, 3.8) is 0 Å². The fraction of sp³-hybridized carbons (Fsp3) is 0.926. The fourth-order valence-corrected chi connectivity index (χ4v) is 9.84. The zero-order valence-electron chi connectivity index (χ0n) is 19.6. The summed E-state index contributed by atoms with van der Waals surface area (Å²) in [6.45, 7) is 11.2. The molecule has 2 aliphatic heterocycles. The summed E-state index contributed by atoms with van der Waals surface area (Å²) in [7, 11) is 0. The first-order valence-electron chi connectivity index (χ1n) is 13.1. The number of hydrogen-bond acceptors (Lipinski definition) is 3. The van der Waals surface area contributed by atoms with E-state index in [-0.39, 0.29) is 11.8 Å². The van der Waals surface area contributed by atoms with E-state index < -0.39 is 0 Å². The van der Waals surface area contributed by atoms with E-state index in [1.165, 1.54) is 44.9 Å². The third kappa shape index (κ3) is 2.55. The maximum Gasteiger partial charge on any atom is 0.122 e. The SMILES string of the molecule is CC1CC[C@@]2(NC1)O[C@@H]1C[C@H]3[C@@H]4CC=C5C[C@@H](O)CC[C@]5(C)[C@H]4CC[C@]3(C)C1[C@@H]2C. The second-order valence-corrected chi connectivity index (χ2v) is 12.8. The largest absolute Gasteiger partial charge is 0.393 e. The number of nitrogens with one attached hydrogen (secondary N) is 1. The Morgan fingerprint density at radius 3 is 2.67 bits per heavy atom. The van der Waals surface area contributed by atoms with Gasteiger partial charge >= 0.3 is 0 Å². The second kappa shape index (κ2) is 6.58. The van der Waals surface area contributed by atoms with E-state index in [0.717, 1.165) is 49.0 Å². The molecule has 3 heteroatoms. The van der Waals surface area contributed by atoms with Gasteiger partial charge in [-0.15, -0.1) is 0 Å². The minimum absolute atomic E-state index is 0.0439. The van der Waals surface area contributed by atoms with Gasteiger partial charge in [-0.2, -0.15) is 0 Å². The molecule has 4 aliphatic carbocycles. The lowest BCUT2D eigenvalue weighted by Gasteiger charge is -2.58. The highest BCUT2D eigenvalue weighted by atomic mass is 16.5. The summed E-state index contributed by atoms with van der Waals surface area (Å²) in [5, 5.41) is 14.1. The fourth-order valence-electron chi connectivity index (χ4n) is 9.84. The van der Waals surface area contributed by atoms with E-state index in [1.807, 2.05) is 0 Å². The van der Waals surface area contributed by atoms with Crippen LogP contribution in [-0.4, -0.2) is 29.6 Å². The molecule has 3 nitrogen and oxygen atoms in total. The Kier molecular flexibility index (Phi) is 4.44. The van der Waals surface area contributed by atoms with Crippen LogP contribution >= 0.6 is 0 Å². The molecule has 6 rings (SSSR count). The van der Waals surface area contributed by atoms with E-state index in [2.05, 4.69) is 39.1 Å². The smallest absolute Gasteiger partial charge is 0.122 e. The molecule has 3 saturated carbocycles. The third-order valence-corrected chi connectivity index (χ3v) is 11.6. The Balaban J connectivity index is 1.28. The molecular weight excluding hydrogens is 370 g/mol. The summed E-state index contributed by atoms with van der Waals surface area (Å²) in [4.78, 5) is 0. The van der Waals surface area contributed by atoms with Gasteiger partial charge in [0.2, 0.25) is 0 Å². The molecule has 2 N–H and O–H groups in total. The summed E-state index contributed by atoms with van der Waals surface area (Å²) < 4.78 is 7.00. The van der Waals surface area contributed by atoms with Crippen LogP contribution in [0.5, 0.6) is 0 Å². The first-order chi connectivity index (χ1) is 14.3. The zero-order chi connectivity index (χ0) is 20.9. The van der Waals surface area contributed by atoms with E-state index in [9.17, 15) is 5.11 Å². The molecule has 0 aromatic rings. The van der Waals surface area contributed by atoms with Gasteiger partial charge in [-0.1, -0.05) is 39.3 Å². The average molecular weight is 414 g/mol. The quantitative estimate of drug-likeness (QED) is 0.530. The van der Waals surface area contributed by atoms with Crippen LogP contribution in [0.25, 0.3) is 0 Å². The summed E-state index contributed by atoms with van der Waals surface area (Å²) in [5.41, 5.74) is 2.33. The predicted molar refractivity (Wildman–Crippen MR) is 120 cm³/mol. The summed E-state index contributed by atoms with van der Waals surface area (Å²) >= 11 is 0. The number of piperidine rings is 1. The molecular formula is C27H43NO2. The van der Waals surface area contributed by atoms with Crippen molar-refractivity contribution >= 4 is 0 Å². The Morgan fingerprint density at radius 1 is 1.07 bits per heavy atom. The highest BCUT2D eigenvalue weighted by molar-refractivity contribution is 5.26. The summed E-state index contributed by atoms with van der Waals surface area (Å²) in [6, 6.07) is 0. The Hall–Kier alpha value is -0.380. The molecule has 6 aliphatic rings. The number of aliphatic hydroxyl groups excluding tert-OH is 1. The van der Waals surface area contributed by atoms with Gasteiger partial charge < -0.3 is 9.84 Å². The van der Waals surface area contributed by atoms with Crippen LogP contribution in [0.1, 0.15) is 85.5 Å². The molecule has 0 radical (unpaired) electrons. The predicted octanol–water partition coefficient (Wildman–Crippen LogP) is 5.29. The number of hydrogen-bond donors (Lipinski definition) is 2. The van der Waals surface area contributed by atoms with Gasteiger partial charge in [-0.25, -0.2) is 0 Å². The minimum Gasteiger partial charge on any atom is -0.393 e. The van der Waals surface area contributed by atoms with Gasteiger partial charge in [-0.3, -0.25) is 5.32 Å². The molecule has 30 heavy (non-hydrogen) atoms. The molecule has 1 spiro atoms. The van der Waals surface area contributed by atoms with Crippen LogP contribution in [0.4, 0.5) is 0 Å². The molecule has 5 fully saturated rings. The molecule has 168 valence electrons. The average Bonchev–Trinajstić information content (AvgIpc) is 3.16. The molecule has 0 amide bonds. The third-order valence-electron chi connectivity index (χ3n) is 11.6. The van der Waals surface area contributed by atoms with Gasteiger partial charge in [0.25, 0.3) is 0 Å². The maximum atomic E-state index is 10.3. The van der Waals surface area contributed by atoms with Crippen molar-refractivity contribution in [2.45, 2.75) is 103 Å². The van der Waals surface area contributed by atoms with Gasteiger partial charge in [0.15, 0.2) is 0 Å². The number of ether oxygens (including phenoxy) is 1. The number of aliphatic hydroxyl groups is 1. The van der Waals surface area contributed by atoms with Crippen LogP contribution in [0, 0.1) is 46.3 Å². The van der Waals surface area contributed by atoms with Crippen molar-refractivity contribution < 1.29 is 9.84 Å². The van der Waals surface area contributed by atoms with E-state index >= 15 is 0 Å². The van der Waals surface area contributed by atoms with Crippen molar-refractivity contribution in [1.29, 1.82) is 0 Å². The molecule has 0 aromatic heterocycles. The van der Waals surface area contributed by atoms with E-state index in [0.29, 0.717) is 22.9 Å². The van der Waals surface area contributed by atoms with E-state index in [1.54, 1.807) is 5.57 Å². The van der Waals surface area contributed by atoms with Crippen LogP contribution in [-0.2, 0) is 4.74 Å². The highest BCUT2D eigenvalue weighted by Crippen LogP contribution is 2.70. The van der Waals surface area contributed by atoms with Crippen molar-refractivity contribution in [2.75, 3.05) is 6.54 Å². The monoisotopic (exact) mass is 413 g/mol.